The van der Waals surface area contributed by atoms with Crippen LogP contribution in [0.1, 0.15) is 15.9 Å². The SMILES string of the molecule is COC(=O)c1ccc(OS(=O)(=O)c2ccc(C)c(N)c2)cc1. The summed E-state index contributed by atoms with van der Waals surface area (Å²) >= 11 is 0. The molecule has 7 heteroatoms. The van der Waals surface area contributed by atoms with Crippen LogP contribution in [-0.4, -0.2) is 21.5 Å². The average Bonchev–Trinajstić information content (AvgIpc) is 2.49. The Morgan fingerprint density at radius 3 is 2.27 bits per heavy atom. The van der Waals surface area contributed by atoms with Crippen molar-refractivity contribution < 1.29 is 22.1 Å². The van der Waals surface area contributed by atoms with Crippen LogP contribution in [0.25, 0.3) is 0 Å². The highest BCUT2D eigenvalue weighted by molar-refractivity contribution is 7.87. The van der Waals surface area contributed by atoms with Crippen molar-refractivity contribution in [3.8, 4) is 5.75 Å². The molecule has 2 aromatic rings. The summed E-state index contributed by atoms with van der Waals surface area (Å²) in [6, 6.07) is 9.95. The molecule has 0 aliphatic heterocycles. The maximum absolute atomic E-state index is 12.2. The van der Waals surface area contributed by atoms with E-state index in [1.54, 1.807) is 13.0 Å². The summed E-state index contributed by atoms with van der Waals surface area (Å²) in [5.74, 6) is -0.424. The first-order chi connectivity index (χ1) is 10.3. The van der Waals surface area contributed by atoms with Crippen LogP contribution in [0.15, 0.2) is 47.4 Å². The number of hydrogen-bond donors (Lipinski definition) is 1. The van der Waals surface area contributed by atoms with Gasteiger partial charge in [0.1, 0.15) is 10.6 Å². The maximum atomic E-state index is 12.2. The molecule has 0 saturated carbocycles. The predicted octanol–water partition coefficient (Wildman–Crippen LogP) is 2.13. The molecule has 22 heavy (non-hydrogen) atoms. The third-order valence-corrected chi connectivity index (χ3v) is 4.26. The fourth-order valence-electron chi connectivity index (χ4n) is 1.71. The second-order valence-electron chi connectivity index (χ2n) is 4.57. The molecule has 0 atom stereocenters. The smallest absolute Gasteiger partial charge is 0.339 e. The number of methoxy groups -OCH3 is 1. The number of nitrogen functional groups attached to an aromatic ring is 1. The zero-order valence-electron chi connectivity index (χ0n) is 12.1. The van der Waals surface area contributed by atoms with Crippen molar-refractivity contribution in [2.24, 2.45) is 0 Å². The van der Waals surface area contributed by atoms with Crippen molar-refractivity contribution in [1.82, 2.24) is 0 Å². The summed E-state index contributed by atoms with van der Waals surface area (Å²) in [6.07, 6.45) is 0. The molecule has 0 heterocycles. The summed E-state index contributed by atoms with van der Waals surface area (Å²) < 4.78 is 33.9. The molecule has 0 fully saturated rings. The van der Waals surface area contributed by atoms with Gasteiger partial charge < -0.3 is 14.7 Å². The molecule has 2 aromatic carbocycles. The van der Waals surface area contributed by atoms with E-state index in [4.69, 9.17) is 9.92 Å². The molecule has 0 bridgehead atoms. The fraction of sp³-hybridized carbons (Fsp3) is 0.133. The Kier molecular flexibility index (Phi) is 4.37. The van der Waals surface area contributed by atoms with E-state index in [-0.39, 0.29) is 10.6 Å². The summed E-state index contributed by atoms with van der Waals surface area (Å²) in [4.78, 5) is 11.3. The van der Waals surface area contributed by atoms with E-state index in [1.807, 2.05) is 0 Å². The first-order valence-corrected chi connectivity index (χ1v) is 7.73. The molecule has 0 amide bonds. The Labute approximate surface area is 128 Å². The standard InChI is InChI=1S/C15H15NO5S/c1-10-3-8-13(9-14(10)16)22(18,19)21-12-6-4-11(5-7-12)15(17)20-2/h3-9H,16H2,1-2H3. The van der Waals surface area contributed by atoms with Crippen molar-refractivity contribution >= 4 is 21.8 Å². The Hall–Kier alpha value is -2.54. The van der Waals surface area contributed by atoms with Gasteiger partial charge in [0.2, 0.25) is 0 Å². The number of ether oxygens (including phenoxy) is 1. The lowest BCUT2D eigenvalue weighted by Crippen LogP contribution is -2.10. The number of carbonyl (C=O) groups excluding carboxylic acids is 1. The lowest BCUT2D eigenvalue weighted by atomic mass is 10.2. The second-order valence-corrected chi connectivity index (χ2v) is 6.12. The Morgan fingerprint density at radius 1 is 1.09 bits per heavy atom. The second kappa shape index (κ2) is 6.07. The first kappa shape index (κ1) is 15.8. The number of aryl methyl sites for hydroxylation is 1. The van der Waals surface area contributed by atoms with Crippen LogP contribution in [0, 0.1) is 6.92 Å². The Balaban J connectivity index is 2.25. The van der Waals surface area contributed by atoms with Gasteiger partial charge in [0, 0.05) is 5.69 Å². The van der Waals surface area contributed by atoms with Gasteiger partial charge in [-0.05, 0) is 48.9 Å². The van der Waals surface area contributed by atoms with E-state index in [2.05, 4.69) is 4.74 Å². The molecule has 6 nitrogen and oxygen atoms in total. The van der Waals surface area contributed by atoms with E-state index in [0.29, 0.717) is 11.3 Å². The molecule has 116 valence electrons. The van der Waals surface area contributed by atoms with E-state index in [1.165, 1.54) is 43.5 Å². The third-order valence-electron chi connectivity index (χ3n) is 3.02. The monoisotopic (exact) mass is 321 g/mol. The molecule has 0 unspecified atom stereocenters. The number of carbonyl (C=O) groups is 1. The molecule has 0 saturated heterocycles. The topological polar surface area (TPSA) is 95.7 Å². The minimum atomic E-state index is -3.99. The zero-order valence-corrected chi connectivity index (χ0v) is 12.9. The molecule has 0 radical (unpaired) electrons. The van der Waals surface area contributed by atoms with E-state index >= 15 is 0 Å². The Bertz CT molecular complexity index is 797. The van der Waals surface area contributed by atoms with Gasteiger partial charge >= 0.3 is 16.1 Å². The van der Waals surface area contributed by atoms with Gasteiger partial charge in [0.25, 0.3) is 0 Å². The summed E-state index contributed by atoms with van der Waals surface area (Å²) in [5, 5.41) is 0. The molecule has 0 spiro atoms. The molecule has 2 rings (SSSR count). The summed E-state index contributed by atoms with van der Waals surface area (Å²) in [7, 11) is -2.72. The number of nitrogens with two attached hydrogens (primary N) is 1. The van der Waals surface area contributed by atoms with Gasteiger partial charge in [-0.3, -0.25) is 0 Å². The summed E-state index contributed by atoms with van der Waals surface area (Å²) in [6.45, 7) is 1.78. The minimum absolute atomic E-state index is 0.0346. The van der Waals surface area contributed by atoms with Crippen molar-refractivity contribution in [2.45, 2.75) is 11.8 Å². The van der Waals surface area contributed by atoms with Crippen LogP contribution in [-0.2, 0) is 14.9 Å². The van der Waals surface area contributed by atoms with Crippen molar-refractivity contribution in [3.63, 3.8) is 0 Å². The van der Waals surface area contributed by atoms with E-state index in [9.17, 15) is 13.2 Å². The number of benzene rings is 2. The van der Waals surface area contributed by atoms with Crippen molar-refractivity contribution in [3.05, 3.63) is 53.6 Å². The molecule has 0 aliphatic carbocycles. The van der Waals surface area contributed by atoms with Gasteiger partial charge in [0.15, 0.2) is 0 Å². The van der Waals surface area contributed by atoms with Crippen LogP contribution in [0.2, 0.25) is 0 Å². The molecule has 0 aromatic heterocycles. The number of esters is 1. The van der Waals surface area contributed by atoms with Crippen LogP contribution in [0.5, 0.6) is 5.75 Å². The summed E-state index contributed by atoms with van der Waals surface area (Å²) in [5.41, 5.74) is 7.15. The number of rotatable bonds is 4. The van der Waals surface area contributed by atoms with Gasteiger partial charge in [-0.2, -0.15) is 8.42 Å². The number of anilines is 1. The first-order valence-electron chi connectivity index (χ1n) is 6.32. The van der Waals surface area contributed by atoms with Crippen LogP contribution >= 0.6 is 0 Å². The van der Waals surface area contributed by atoms with E-state index in [0.717, 1.165) is 5.56 Å². The van der Waals surface area contributed by atoms with Crippen molar-refractivity contribution in [1.29, 1.82) is 0 Å². The van der Waals surface area contributed by atoms with Gasteiger partial charge in [-0.25, -0.2) is 4.79 Å². The third kappa shape index (κ3) is 3.37. The van der Waals surface area contributed by atoms with Crippen LogP contribution in [0.4, 0.5) is 5.69 Å². The van der Waals surface area contributed by atoms with E-state index < -0.39 is 16.1 Å². The van der Waals surface area contributed by atoms with Gasteiger partial charge in [0.05, 0.1) is 12.7 Å². The van der Waals surface area contributed by atoms with Gasteiger partial charge in [-0.15, -0.1) is 0 Å². The molecule has 0 aliphatic rings. The minimum Gasteiger partial charge on any atom is -0.465 e. The van der Waals surface area contributed by atoms with Crippen LogP contribution in [0.3, 0.4) is 0 Å². The largest absolute Gasteiger partial charge is 0.465 e. The highest BCUT2D eigenvalue weighted by Gasteiger charge is 2.18. The predicted molar refractivity (Wildman–Crippen MR) is 81.2 cm³/mol. The molecular formula is C15H15NO5S. The van der Waals surface area contributed by atoms with Gasteiger partial charge in [-0.1, -0.05) is 6.07 Å². The average molecular weight is 321 g/mol. The lowest BCUT2D eigenvalue weighted by molar-refractivity contribution is 0.0600. The molecule has 2 N–H and O–H groups in total. The lowest BCUT2D eigenvalue weighted by Gasteiger charge is -2.09. The van der Waals surface area contributed by atoms with Crippen molar-refractivity contribution in [2.75, 3.05) is 12.8 Å². The maximum Gasteiger partial charge on any atom is 0.339 e. The van der Waals surface area contributed by atoms with Crippen LogP contribution < -0.4 is 9.92 Å². The number of hydrogen-bond acceptors (Lipinski definition) is 6. The molecular weight excluding hydrogens is 306 g/mol. The zero-order chi connectivity index (χ0) is 16.3. The highest BCUT2D eigenvalue weighted by Crippen LogP contribution is 2.22. The Morgan fingerprint density at radius 2 is 1.73 bits per heavy atom. The quantitative estimate of drug-likeness (QED) is 0.526. The fourth-order valence-corrected chi connectivity index (χ4v) is 2.68. The normalized spacial score (nSPS) is 11.0. The highest BCUT2D eigenvalue weighted by atomic mass is 32.2.